The van der Waals surface area contributed by atoms with Gasteiger partial charge in [-0.05, 0) is 12.1 Å². The first kappa shape index (κ1) is 14.6. The first-order valence-electron chi connectivity index (χ1n) is 6.89. The largest absolute Gasteiger partial charge is 0.349 e. The highest BCUT2D eigenvalue weighted by Crippen LogP contribution is 2.07. The Morgan fingerprint density at radius 3 is 2.91 bits per heavy atom. The van der Waals surface area contributed by atoms with Crippen molar-refractivity contribution in [1.82, 2.24) is 25.1 Å². The molecule has 0 fully saturated rings. The Morgan fingerprint density at radius 1 is 1.26 bits per heavy atom. The van der Waals surface area contributed by atoms with Gasteiger partial charge in [-0.1, -0.05) is 12.1 Å². The van der Waals surface area contributed by atoms with Gasteiger partial charge in [0.25, 0.3) is 5.56 Å². The molecule has 2 N–H and O–H groups in total. The first-order chi connectivity index (χ1) is 11.1. The molecule has 2 heterocycles. The van der Waals surface area contributed by atoms with Crippen LogP contribution in [0.3, 0.4) is 0 Å². The molecule has 1 amide bonds. The molecule has 8 nitrogen and oxygen atoms in total. The van der Waals surface area contributed by atoms with Gasteiger partial charge in [-0.2, -0.15) is 5.10 Å². The summed E-state index contributed by atoms with van der Waals surface area (Å²) in [7, 11) is 0. The standard InChI is InChI=1S/C15H13N5O3/c21-13-8-19-20(12-4-2-1-3-10(12)13)9-14(22)18-7-11-15(23)17-6-5-16-11/h1-6,8H,7,9H2,(H,17,23)(H,18,22). The lowest BCUT2D eigenvalue weighted by atomic mass is 10.2. The van der Waals surface area contributed by atoms with Crippen molar-refractivity contribution in [2.24, 2.45) is 0 Å². The molecule has 0 aliphatic heterocycles. The summed E-state index contributed by atoms with van der Waals surface area (Å²) >= 11 is 0. The second kappa shape index (κ2) is 6.22. The second-order valence-electron chi connectivity index (χ2n) is 4.83. The number of aromatic amines is 1. The lowest BCUT2D eigenvalue weighted by Crippen LogP contribution is -2.31. The molecule has 0 atom stereocenters. The van der Waals surface area contributed by atoms with E-state index in [0.717, 1.165) is 0 Å². The number of hydrogen-bond donors (Lipinski definition) is 2. The van der Waals surface area contributed by atoms with Crippen molar-refractivity contribution in [3.63, 3.8) is 0 Å². The van der Waals surface area contributed by atoms with Crippen molar-refractivity contribution < 1.29 is 4.79 Å². The van der Waals surface area contributed by atoms with E-state index < -0.39 is 0 Å². The molecule has 0 bridgehead atoms. The van der Waals surface area contributed by atoms with E-state index in [4.69, 9.17) is 0 Å². The number of benzene rings is 1. The predicted molar refractivity (Wildman–Crippen MR) is 82.7 cm³/mol. The van der Waals surface area contributed by atoms with Crippen LogP contribution in [0, 0.1) is 0 Å². The zero-order valence-electron chi connectivity index (χ0n) is 12.0. The van der Waals surface area contributed by atoms with E-state index in [1.807, 2.05) is 0 Å². The van der Waals surface area contributed by atoms with Crippen LogP contribution in [0.1, 0.15) is 5.69 Å². The Hall–Kier alpha value is -3.29. The van der Waals surface area contributed by atoms with Crippen molar-refractivity contribution in [3.05, 3.63) is 69.1 Å². The van der Waals surface area contributed by atoms with Crippen molar-refractivity contribution in [2.45, 2.75) is 13.1 Å². The van der Waals surface area contributed by atoms with Crippen LogP contribution < -0.4 is 16.3 Å². The molecular weight excluding hydrogens is 298 g/mol. The van der Waals surface area contributed by atoms with E-state index >= 15 is 0 Å². The quantitative estimate of drug-likeness (QED) is 0.693. The number of carbonyl (C=O) groups excluding carboxylic acids is 1. The number of carbonyl (C=O) groups is 1. The average Bonchev–Trinajstić information content (AvgIpc) is 2.57. The van der Waals surface area contributed by atoms with Crippen LogP contribution in [-0.2, 0) is 17.9 Å². The van der Waals surface area contributed by atoms with Gasteiger partial charge in [0.05, 0.1) is 18.3 Å². The minimum Gasteiger partial charge on any atom is -0.349 e. The molecule has 0 aliphatic carbocycles. The van der Waals surface area contributed by atoms with Crippen LogP contribution in [0.5, 0.6) is 0 Å². The van der Waals surface area contributed by atoms with Crippen molar-refractivity contribution in [2.75, 3.05) is 0 Å². The fourth-order valence-corrected chi connectivity index (χ4v) is 2.17. The highest BCUT2D eigenvalue weighted by Gasteiger charge is 2.09. The Kier molecular flexibility index (Phi) is 3.96. The van der Waals surface area contributed by atoms with Crippen LogP contribution in [0.4, 0.5) is 0 Å². The molecule has 0 saturated heterocycles. The minimum absolute atomic E-state index is 0.0210. The van der Waals surface area contributed by atoms with Gasteiger partial charge in [0.15, 0.2) is 0 Å². The summed E-state index contributed by atoms with van der Waals surface area (Å²) in [5.41, 5.74) is 0.251. The van der Waals surface area contributed by atoms with Crippen molar-refractivity contribution >= 4 is 16.8 Å². The predicted octanol–water partition coefficient (Wildman–Crippen LogP) is -0.204. The van der Waals surface area contributed by atoms with Crippen molar-refractivity contribution in [3.8, 4) is 0 Å². The zero-order chi connectivity index (χ0) is 16.2. The van der Waals surface area contributed by atoms with Gasteiger partial charge in [0.2, 0.25) is 11.3 Å². The number of nitrogens with one attached hydrogen (secondary N) is 2. The normalized spacial score (nSPS) is 10.6. The van der Waals surface area contributed by atoms with Crippen LogP contribution in [0.25, 0.3) is 10.9 Å². The number of aromatic nitrogens is 4. The van der Waals surface area contributed by atoms with Gasteiger partial charge < -0.3 is 10.3 Å². The summed E-state index contributed by atoms with van der Waals surface area (Å²) in [5, 5.41) is 7.08. The molecule has 0 radical (unpaired) electrons. The number of fused-ring (bicyclic) bond motifs is 1. The first-order valence-corrected chi connectivity index (χ1v) is 6.89. The second-order valence-corrected chi connectivity index (χ2v) is 4.83. The maximum absolute atomic E-state index is 12.0. The minimum atomic E-state index is -0.347. The number of rotatable bonds is 4. The molecule has 0 saturated carbocycles. The maximum atomic E-state index is 12.0. The van der Waals surface area contributed by atoms with E-state index in [9.17, 15) is 14.4 Å². The lowest BCUT2D eigenvalue weighted by Gasteiger charge is -2.09. The molecule has 1 aromatic carbocycles. The lowest BCUT2D eigenvalue weighted by molar-refractivity contribution is -0.122. The number of H-pyrrole nitrogens is 1. The molecule has 0 unspecified atom stereocenters. The van der Waals surface area contributed by atoms with Gasteiger partial charge in [-0.3, -0.25) is 24.0 Å². The van der Waals surface area contributed by atoms with Gasteiger partial charge >= 0.3 is 0 Å². The van der Waals surface area contributed by atoms with Crippen molar-refractivity contribution in [1.29, 1.82) is 0 Å². The van der Waals surface area contributed by atoms with E-state index in [1.54, 1.807) is 24.3 Å². The third-order valence-electron chi connectivity index (χ3n) is 3.29. The molecule has 8 heteroatoms. The molecule has 116 valence electrons. The Labute approximate surface area is 129 Å². The molecule has 2 aromatic heterocycles. The Balaban J connectivity index is 1.76. The fraction of sp³-hybridized carbons (Fsp3) is 0.133. The topological polar surface area (TPSA) is 110 Å². The summed E-state index contributed by atoms with van der Waals surface area (Å²) in [6.45, 7) is -0.0430. The van der Waals surface area contributed by atoms with Gasteiger partial charge in [0, 0.05) is 17.8 Å². The summed E-state index contributed by atoms with van der Waals surface area (Å²) in [4.78, 5) is 41.6. The highest BCUT2D eigenvalue weighted by atomic mass is 16.2. The molecule has 0 spiro atoms. The van der Waals surface area contributed by atoms with E-state index in [2.05, 4.69) is 20.4 Å². The van der Waals surface area contributed by atoms with Crippen LogP contribution in [-0.4, -0.2) is 25.7 Å². The molecule has 3 aromatic rings. The number of para-hydroxylation sites is 1. The van der Waals surface area contributed by atoms with Crippen LogP contribution in [0.2, 0.25) is 0 Å². The van der Waals surface area contributed by atoms with Crippen LogP contribution in [0.15, 0.2) is 52.4 Å². The number of hydrogen-bond acceptors (Lipinski definition) is 5. The maximum Gasteiger partial charge on any atom is 0.271 e. The highest BCUT2D eigenvalue weighted by molar-refractivity contribution is 5.81. The summed E-state index contributed by atoms with van der Waals surface area (Å²) in [6.07, 6.45) is 4.04. The smallest absolute Gasteiger partial charge is 0.271 e. The van der Waals surface area contributed by atoms with E-state index in [-0.39, 0.29) is 35.7 Å². The molecular formula is C15H13N5O3. The summed E-state index contributed by atoms with van der Waals surface area (Å²) in [5.74, 6) is -0.337. The van der Waals surface area contributed by atoms with E-state index in [1.165, 1.54) is 23.3 Å². The zero-order valence-corrected chi connectivity index (χ0v) is 12.0. The van der Waals surface area contributed by atoms with Gasteiger partial charge in [0.1, 0.15) is 12.2 Å². The fourth-order valence-electron chi connectivity index (χ4n) is 2.17. The Bertz CT molecular complexity index is 976. The summed E-state index contributed by atoms with van der Waals surface area (Å²) < 4.78 is 1.44. The average molecular weight is 311 g/mol. The number of nitrogens with zero attached hydrogens (tertiary/aromatic N) is 3. The monoisotopic (exact) mass is 311 g/mol. The number of amides is 1. The third-order valence-corrected chi connectivity index (χ3v) is 3.29. The SMILES string of the molecule is O=C(Cn1ncc(=O)c2ccccc21)NCc1ncc[nH]c1=O. The summed E-state index contributed by atoms with van der Waals surface area (Å²) in [6, 6.07) is 6.93. The molecule has 23 heavy (non-hydrogen) atoms. The Morgan fingerprint density at radius 2 is 2.09 bits per heavy atom. The molecule has 3 rings (SSSR count). The van der Waals surface area contributed by atoms with Crippen LogP contribution >= 0.6 is 0 Å². The molecule has 0 aliphatic rings. The van der Waals surface area contributed by atoms with Gasteiger partial charge in [-0.25, -0.2) is 0 Å². The van der Waals surface area contributed by atoms with E-state index in [0.29, 0.717) is 10.9 Å². The van der Waals surface area contributed by atoms with Gasteiger partial charge in [-0.15, -0.1) is 0 Å². The third kappa shape index (κ3) is 3.15.